The zero-order chi connectivity index (χ0) is 19.9. The number of esters is 1. The highest BCUT2D eigenvalue weighted by atomic mass is 16.5. The molecule has 0 atom stereocenters. The van der Waals surface area contributed by atoms with E-state index in [0.29, 0.717) is 5.56 Å². The molecule has 1 aliphatic heterocycles. The monoisotopic (exact) mass is 382 g/mol. The first-order valence-corrected chi connectivity index (χ1v) is 9.44. The maximum absolute atomic E-state index is 12.2. The van der Waals surface area contributed by atoms with Gasteiger partial charge in [-0.15, -0.1) is 0 Å². The summed E-state index contributed by atoms with van der Waals surface area (Å²) < 4.78 is 10.5. The smallest absolute Gasteiger partial charge is 0.338 e. The third-order valence-electron chi connectivity index (χ3n) is 4.70. The van der Waals surface area contributed by atoms with Gasteiger partial charge in [0.05, 0.1) is 18.8 Å². The molecule has 0 radical (unpaired) electrons. The molecule has 2 aromatic carbocycles. The summed E-state index contributed by atoms with van der Waals surface area (Å²) in [6, 6.07) is 13.1. The SMILES string of the molecule is Cc1ccc(C)c(NC(=O)COC(=O)c2ccc(CN3CCOCC3)cc2)c1. The number of aryl methyl sites for hydroxylation is 2. The van der Waals surface area contributed by atoms with E-state index in [4.69, 9.17) is 9.47 Å². The number of carbonyl (C=O) groups is 2. The van der Waals surface area contributed by atoms with Crippen molar-refractivity contribution in [2.45, 2.75) is 20.4 Å². The Balaban J connectivity index is 1.48. The number of anilines is 1. The molecule has 0 aromatic heterocycles. The summed E-state index contributed by atoms with van der Waals surface area (Å²) in [5.41, 5.74) is 4.31. The van der Waals surface area contributed by atoms with Crippen LogP contribution in [-0.4, -0.2) is 49.7 Å². The van der Waals surface area contributed by atoms with Crippen LogP contribution in [0.5, 0.6) is 0 Å². The van der Waals surface area contributed by atoms with Crippen LogP contribution in [0.2, 0.25) is 0 Å². The minimum atomic E-state index is -0.506. The molecule has 1 fully saturated rings. The van der Waals surface area contributed by atoms with Gasteiger partial charge in [0.25, 0.3) is 5.91 Å². The van der Waals surface area contributed by atoms with Gasteiger partial charge in [-0.1, -0.05) is 24.3 Å². The predicted molar refractivity (Wildman–Crippen MR) is 107 cm³/mol. The van der Waals surface area contributed by atoms with Crippen molar-refractivity contribution in [3.05, 3.63) is 64.7 Å². The lowest BCUT2D eigenvalue weighted by atomic mass is 10.1. The molecule has 0 spiro atoms. The second kappa shape index (κ2) is 9.48. The average Bonchev–Trinajstić information content (AvgIpc) is 2.70. The van der Waals surface area contributed by atoms with Gasteiger partial charge in [-0.2, -0.15) is 0 Å². The Kier molecular flexibility index (Phi) is 6.79. The van der Waals surface area contributed by atoms with Gasteiger partial charge in [-0.25, -0.2) is 4.79 Å². The Morgan fingerprint density at radius 2 is 1.79 bits per heavy atom. The molecule has 1 N–H and O–H groups in total. The van der Waals surface area contributed by atoms with Crippen LogP contribution in [0.15, 0.2) is 42.5 Å². The second-order valence-corrected chi connectivity index (χ2v) is 7.03. The number of nitrogens with zero attached hydrogens (tertiary/aromatic N) is 1. The molecule has 28 heavy (non-hydrogen) atoms. The lowest BCUT2D eigenvalue weighted by Crippen LogP contribution is -2.35. The molecular formula is C22H26N2O4. The third-order valence-corrected chi connectivity index (χ3v) is 4.70. The quantitative estimate of drug-likeness (QED) is 0.778. The van der Waals surface area contributed by atoms with Crippen LogP contribution in [0.3, 0.4) is 0 Å². The molecular weight excluding hydrogens is 356 g/mol. The highest BCUT2D eigenvalue weighted by Crippen LogP contribution is 2.16. The fourth-order valence-electron chi connectivity index (χ4n) is 3.03. The summed E-state index contributed by atoms with van der Waals surface area (Å²) in [4.78, 5) is 26.6. The van der Waals surface area contributed by atoms with E-state index in [9.17, 15) is 9.59 Å². The number of morpholine rings is 1. The number of ether oxygens (including phenoxy) is 2. The van der Waals surface area contributed by atoms with E-state index in [1.807, 2.05) is 44.2 Å². The van der Waals surface area contributed by atoms with Crippen LogP contribution >= 0.6 is 0 Å². The van der Waals surface area contributed by atoms with Crippen molar-refractivity contribution >= 4 is 17.6 Å². The Morgan fingerprint density at radius 3 is 2.50 bits per heavy atom. The first-order valence-electron chi connectivity index (χ1n) is 9.44. The summed E-state index contributed by atoms with van der Waals surface area (Å²) in [5, 5.41) is 2.78. The van der Waals surface area contributed by atoms with Crippen molar-refractivity contribution in [1.82, 2.24) is 4.90 Å². The molecule has 0 bridgehead atoms. The Labute approximate surface area is 165 Å². The molecule has 6 heteroatoms. The van der Waals surface area contributed by atoms with Gasteiger partial charge in [-0.3, -0.25) is 9.69 Å². The van der Waals surface area contributed by atoms with Crippen molar-refractivity contribution < 1.29 is 19.1 Å². The maximum Gasteiger partial charge on any atom is 0.338 e. The van der Waals surface area contributed by atoms with E-state index in [-0.39, 0.29) is 12.5 Å². The lowest BCUT2D eigenvalue weighted by Gasteiger charge is -2.26. The van der Waals surface area contributed by atoms with E-state index in [0.717, 1.165) is 55.2 Å². The number of benzene rings is 2. The summed E-state index contributed by atoms with van der Waals surface area (Å²) >= 11 is 0. The van der Waals surface area contributed by atoms with Crippen molar-refractivity contribution in [2.24, 2.45) is 0 Å². The van der Waals surface area contributed by atoms with Crippen LogP contribution in [-0.2, 0) is 20.8 Å². The molecule has 0 saturated carbocycles. The molecule has 1 heterocycles. The molecule has 6 nitrogen and oxygen atoms in total. The van der Waals surface area contributed by atoms with Gasteiger partial charge in [0.1, 0.15) is 0 Å². The van der Waals surface area contributed by atoms with Gasteiger partial charge in [0.15, 0.2) is 6.61 Å². The fraction of sp³-hybridized carbons (Fsp3) is 0.364. The summed E-state index contributed by atoms with van der Waals surface area (Å²) in [5.74, 6) is -0.861. The normalized spacial score (nSPS) is 14.5. The van der Waals surface area contributed by atoms with E-state index in [1.54, 1.807) is 12.1 Å². The highest BCUT2D eigenvalue weighted by molar-refractivity contribution is 5.96. The van der Waals surface area contributed by atoms with E-state index >= 15 is 0 Å². The topological polar surface area (TPSA) is 67.9 Å². The second-order valence-electron chi connectivity index (χ2n) is 7.03. The zero-order valence-electron chi connectivity index (χ0n) is 16.4. The molecule has 1 aliphatic rings. The number of hydrogen-bond donors (Lipinski definition) is 1. The number of rotatable bonds is 6. The molecule has 3 rings (SSSR count). The van der Waals surface area contributed by atoms with E-state index in [1.165, 1.54) is 0 Å². The molecule has 148 valence electrons. The third kappa shape index (κ3) is 5.65. The Bertz CT molecular complexity index is 827. The standard InChI is InChI=1S/C22H26N2O4/c1-16-3-4-17(2)20(13-16)23-21(25)15-28-22(26)19-7-5-18(6-8-19)14-24-9-11-27-12-10-24/h3-8,13H,9-12,14-15H2,1-2H3,(H,23,25). The summed E-state index contributed by atoms with van der Waals surface area (Å²) in [7, 11) is 0. The first kappa shape index (κ1) is 20.0. The molecule has 1 amide bonds. The van der Waals surface area contributed by atoms with Crippen LogP contribution in [0.25, 0.3) is 0 Å². The largest absolute Gasteiger partial charge is 0.452 e. The molecule has 1 saturated heterocycles. The molecule has 2 aromatic rings. The lowest BCUT2D eigenvalue weighted by molar-refractivity contribution is -0.119. The van der Waals surface area contributed by atoms with Crippen LogP contribution in [0.4, 0.5) is 5.69 Å². The molecule has 0 aliphatic carbocycles. The summed E-state index contributed by atoms with van der Waals surface area (Å²) in [6.07, 6.45) is 0. The van der Waals surface area contributed by atoms with Crippen LogP contribution < -0.4 is 5.32 Å². The van der Waals surface area contributed by atoms with Crippen molar-refractivity contribution in [3.63, 3.8) is 0 Å². The van der Waals surface area contributed by atoms with Crippen molar-refractivity contribution in [2.75, 3.05) is 38.2 Å². The minimum absolute atomic E-state index is 0.318. The highest BCUT2D eigenvalue weighted by Gasteiger charge is 2.13. The number of carbonyl (C=O) groups excluding carboxylic acids is 2. The van der Waals surface area contributed by atoms with Gasteiger partial charge in [-0.05, 0) is 48.7 Å². The average molecular weight is 382 g/mol. The van der Waals surface area contributed by atoms with E-state index < -0.39 is 5.97 Å². The summed E-state index contributed by atoms with van der Waals surface area (Å²) in [6.45, 7) is 7.73. The number of amides is 1. The van der Waals surface area contributed by atoms with Gasteiger partial charge in [0.2, 0.25) is 0 Å². The van der Waals surface area contributed by atoms with E-state index in [2.05, 4.69) is 10.2 Å². The molecule has 0 unspecified atom stereocenters. The zero-order valence-corrected chi connectivity index (χ0v) is 16.4. The van der Waals surface area contributed by atoms with Gasteiger partial charge < -0.3 is 14.8 Å². The van der Waals surface area contributed by atoms with Crippen molar-refractivity contribution in [3.8, 4) is 0 Å². The Hall–Kier alpha value is -2.70. The van der Waals surface area contributed by atoms with Crippen LogP contribution in [0, 0.1) is 13.8 Å². The number of hydrogen-bond acceptors (Lipinski definition) is 5. The van der Waals surface area contributed by atoms with Gasteiger partial charge in [0, 0.05) is 25.3 Å². The van der Waals surface area contributed by atoms with Crippen LogP contribution in [0.1, 0.15) is 27.0 Å². The fourth-order valence-corrected chi connectivity index (χ4v) is 3.03. The number of nitrogens with one attached hydrogen (secondary N) is 1. The maximum atomic E-state index is 12.2. The predicted octanol–water partition coefficient (Wildman–Crippen LogP) is 2.93. The first-order chi connectivity index (χ1) is 13.5. The van der Waals surface area contributed by atoms with Gasteiger partial charge >= 0.3 is 5.97 Å². The Morgan fingerprint density at radius 1 is 1.07 bits per heavy atom. The minimum Gasteiger partial charge on any atom is -0.452 e. The van der Waals surface area contributed by atoms with Crippen molar-refractivity contribution in [1.29, 1.82) is 0 Å².